The van der Waals surface area contributed by atoms with Crippen LogP contribution >= 0.6 is 11.6 Å². The minimum Gasteiger partial charge on any atom is -0.495 e. The van der Waals surface area contributed by atoms with Gasteiger partial charge in [0.05, 0.1) is 22.7 Å². The summed E-state index contributed by atoms with van der Waals surface area (Å²) in [4.78, 5) is 28.9. The number of benzene rings is 3. The van der Waals surface area contributed by atoms with Crippen LogP contribution in [0.3, 0.4) is 0 Å². The first-order valence-electron chi connectivity index (χ1n) is 13.5. The summed E-state index contributed by atoms with van der Waals surface area (Å²) in [5.41, 5.74) is 2.08. The van der Waals surface area contributed by atoms with Crippen LogP contribution in [0.1, 0.15) is 38.3 Å². The number of anilines is 1. The fraction of sp³-hybridized carbons (Fsp3) is 0.355. The largest absolute Gasteiger partial charge is 0.495 e. The topological polar surface area (TPSA) is 96.0 Å². The van der Waals surface area contributed by atoms with Gasteiger partial charge in [0.25, 0.3) is 10.0 Å². The number of nitrogens with zero attached hydrogens (tertiary/aromatic N) is 2. The van der Waals surface area contributed by atoms with E-state index >= 15 is 0 Å². The van der Waals surface area contributed by atoms with Gasteiger partial charge in [-0.05, 0) is 55.2 Å². The number of rotatable bonds is 13. The molecule has 10 heteroatoms. The number of carbonyl (C=O) groups is 2. The molecule has 41 heavy (non-hydrogen) atoms. The smallest absolute Gasteiger partial charge is 0.264 e. The normalized spacial score (nSPS) is 12.1. The molecule has 0 radical (unpaired) electrons. The molecule has 3 aromatic carbocycles. The molecule has 220 valence electrons. The van der Waals surface area contributed by atoms with E-state index in [1.807, 2.05) is 52.0 Å². The zero-order valence-corrected chi connectivity index (χ0v) is 25.7. The zero-order chi connectivity index (χ0) is 30.2. The van der Waals surface area contributed by atoms with E-state index in [0.29, 0.717) is 18.7 Å². The Hall–Kier alpha value is -3.56. The lowest BCUT2D eigenvalue weighted by Gasteiger charge is -2.33. The molecule has 1 N–H and O–H groups in total. The van der Waals surface area contributed by atoms with Gasteiger partial charge in [0, 0.05) is 13.1 Å². The van der Waals surface area contributed by atoms with Crippen LogP contribution in [0.5, 0.6) is 5.75 Å². The van der Waals surface area contributed by atoms with E-state index in [4.69, 9.17) is 16.3 Å². The van der Waals surface area contributed by atoms with Gasteiger partial charge in [-0.3, -0.25) is 13.9 Å². The molecule has 1 atom stereocenters. The van der Waals surface area contributed by atoms with E-state index in [1.165, 1.54) is 36.3 Å². The van der Waals surface area contributed by atoms with Gasteiger partial charge >= 0.3 is 0 Å². The van der Waals surface area contributed by atoms with Crippen LogP contribution in [0.25, 0.3) is 0 Å². The number of nitrogens with one attached hydrogen (secondary N) is 1. The maximum atomic E-state index is 14.1. The summed E-state index contributed by atoms with van der Waals surface area (Å²) in [5, 5.41) is 3.12. The van der Waals surface area contributed by atoms with Gasteiger partial charge in [-0.2, -0.15) is 0 Å². The molecule has 0 unspecified atom stereocenters. The number of halogens is 1. The monoisotopic (exact) mass is 599 g/mol. The van der Waals surface area contributed by atoms with Crippen molar-refractivity contribution in [1.82, 2.24) is 10.2 Å². The molecule has 3 rings (SSSR count). The summed E-state index contributed by atoms with van der Waals surface area (Å²) in [6, 6.07) is 19.3. The summed E-state index contributed by atoms with van der Waals surface area (Å²) in [6.45, 7) is 7.82. The Morgan fingerprint density at radius 3 is 2.22 bits per heavy atom. The fourth-order valence-electron chi connectivity index (χ4n) is 4.29. The number of hydrogen-bond donors (Lipinski definition) is 1. The summed E-state index contributed by atoms with van der Waals surface area (Å²) in [5.74, 6) is -0.216. The number of sulfonamides is 1. The summed E-state index contributed by atoms with van der Waals surface area (Å²) in [7, 11) is -2.73. The molecule has 0 bridgehead atoms. The average molecular weight is 600 g/mol. The molecular formula is C31H38ClN3O5S. The van der Waals surface area contributed by atoms with E-state index in [-0.39, 0.29) is 34.0 Å². The fourth-order valence-corrected chi connectivity index (χ4v) is 5.97. The highest BCUT2D eigenvalue weighted by molar-refractivity contribution is 7.92. The lowest BCUT2D eigenvalue weighted by atomic mass is 10.1. The number of carbonyl (C=O) groups excluding carboxylic acids is 2. The Kier molecular flexibility index (Phi) is 11.2. The van der Waals surface area contributed by atoms with Gasteiger partial charge in [0.2, 0.25) is 11.8 Å². The molecule has 0 spiro atoms. The van der Waals surface area contributed by atoms with Crippen LogP contribution < -0.4 is 14.4 Å². The molecule has 0 fully saturated rings. The van der Waals surface area contributed by atoms with Crippen molar-refractivity contribution in [3.05, 3.63) is 88.9 Å². The Balaban J connectivity index is 2.06. The Bertz CT molecular complexity index is 1430. The van der Waals surface area contributed by atoms with E-state index in [9.17, 15) is 18.0 Å². The average Bonchev–Trinajstić information content (AvgIpc) is 2.95. The predicted molar refractivity (Wildman–Crippen MR) is 163 cm³/mol. The predicted octanol–water partition coefficient (Wildman–Crippen LogP) is 5.43. The van der Waals surface area contributed by atoms with Gasteiger partial charge in [-0.25, -0.2) is 8.42 Å². The number of ether oxygens (including phenoxy) is 1. The molecule has 0 heterocycles. The van der Waals surface area contributed by atoms with Crippen LogP contribution in [-0.4, -0.2) is 51.4 Å². The SMILES string of the molecule is CC[C@@H](C(=O)NCC(C)C)N(Cc1ccc(C)cc1)C(=O)CN(c1ccc(OC)c(Cl)c1)S(=O)(=O)c1ccccc1. The van der Waals surface area contributed by atoms with Crippen LogP contribution in [0.4, 0.5) is 5.69 Å². The molecule has 3 aromatic rings. The van der Waals surface area contributed by atoms with Crippen LogP contribution in [0, 0.1) is 12.8 Å². The lowest BCUT2D eigenvalue weighted by Crippen LogP contribution is -2.52. The highest BCUT2D eigenvalue weighted by Crippen LogP contribution is 2.32. The van der Waals surface area contributed by atoms with Gasteiger partial charge in [0.15, 0.2) is 0 Å². The molecule has 0 saturated heterocycles. The first-order valence-corrected chi connectivity index (χ1v) is 15.3. The summed E-state index contributed by atoms with van der Waals surface area (Å²) >= 11 is 6.37. The van der Waals surface area contributed by atoms with Crippen molar-refractivity contribution >= 4 is 39.1 Å². The first-order chi connectivity index (χ1) is 19.5. The molecule has 8 nitrogen and oxygen atoms in total. The van der Waals surface area contributed by atoms with Gasteiger partial charge in [0.1, 0.15) is 18.3 Å². The Morgan fingerprint density at radius 1 is 1.00 bits per heavy atom. The third kappa shape index (κ3) is 8.24. The van der Waals surface area contributed by atoms with Crippen LogP contribution in [0.15, 0.2) is 77.7 Å². The third-order valence-electron chi connectivity index (χ3n) is 6.58. The molecule has 2 amide bonds. The number of amides is 2. The van der Waals surface area contributed by atoms with Crippen LogP contribution in [-0.2, 0) is 26.2 Å². The minimum atomic E-state index is -4.19. The minimum absolute atomic E-state index is 0.0199. The van der Waals surface area contributed by atoms with Gasteiger partial charge in [-0.15, -0.1) is 0 Å². The second-order valence-electron chi connectivity index (χ2n) is 10.2. The maximum Gasteiger partial charge on any atom is 0.264 e. The second kappa shape index (κ2) is 14.4. The van der Waals surface area contributed by atoms with E-state index in [2.05, 4.69) is 5.32 Å². The van der Waals surface area contributed by atoms with E-state index in [0.717, 1.165) is 15.4 Å². The van der Waals surface area contributed by atoms with Crippen molar-refractivity contribution in [2.75, 3.05) is 24.5 Å². The second-order valence-corrected chi connectivity index (χ2v) is 12.5. The number of hydrogen-bond acceptors (Lipinski definition) is 5. The van der Waals surface area contributed by atoms with Crippen molar-refractivity contribution in [1.29, 1.82) is 0 Å². The van der Waals surface area contributed by atoms with E-state index < -0.39 is 28.5 Å². The number of aryl methyl sites for hydroxylation is 1. The zero-order valence-electron chi connectivity index (χ0n) is 24.1. The lowest BCUT2D eigenvalue weighted by molar-refractivity contribution is -0.140. The molecular weight excluding hydrogens is 562 g/mol. The molecule has 0 aliphatic heterocycles. The summed E-state index contributed by atoms with van der Waals surface area (Å²) < 4.78 is 34.1. The highest BCUT2D eigenvalue weighted by Gasteiger charge is 2.34. The standard InChI is InChI=1S/C31H38ClN3O5S/c1-6-28(31(37)33-19-22(2)3)34(20-24-14-12-23(4)13-15-24)30(36)21-35(25-16-17-29(40-5)27(32)18-25)41(38,39)26-10-8-7-9-11-26/h7-18,22,28H,6,19-21H2,1-5H3,(H,33,37)/t28-/m0/s1. The van der Waals surface area contributed by atoms with Gasteiger partial charge < -0.3 is 15.0 Å². The van der Waals surface area contributed by atoms with E-state index in [1.54, 1.807) is 24.3 Å². The Labute approximate surface area is 248 Å². The molecule has 0 aliphatic rings. The maximum absolute atomic E-state index is 14.1. The Morgan fingerprint density at radius 2 is 1.66 bits per heavy atom. The van der Waals surface area contributed by atoms with Crippen molar-refractivity contribution in [2.45, 2.75) is 51.6 Å². The highest BCUT2D eigenvalue weighted by atomic mass is 35.5. The van der Waals surface area contributed by atoms with Crippen molar-refractivity contribution in [3.63, 3.8) is 0 Å². The summed E-state index contributed by atoms with van der Waals surface area (Å²) in [6.07, 6.45) is 0.349. The number of methoxy groups -OCH3 is 1. The van der Waals surface area contributed by atoms with Gasteiger partial charge in [-0.1, -0.05) is 80.4 Å². The molecule has 0 saturated carbocycles. The first kappa shape index (κ1) is 32.0. The van der Waals surface area contributed by atoms with Crippen molar-refractivity contribution in [3.8, 4) is 5.75 Å². The molecule has 0 aromatic heterocycles. The molecule has 0 aliphatic carbocycles. The van der Waals surface area contributed by atoms with Crippen molar-refractivity contribution in [2.24, 2.45) is 5.92 Å². The quantitative estimate of drug-likeness (QED) is 0.283. The van der Waals surface area contributed by atoms with Crippen LogP contribution in [0.2, 0.25) is 5.02 Å². The van der Waals surface area contributed by atoms with Crippen molar-refractivity contribution < 1.29 is 22.7 Å². The third-order valence-corrected chi connectivity index (χ3v) is 8.66.